The molecule has 158 valence electrons. The summed E-state index contributed by atoms with van der Waals surface area (Å²) in [5.41, 5.74) is 8.21. The van der Waals surface area contributed by atoms with Crippen LogP contribution in [0.5, 0.6) is 11.5 Å². The molecule has 0 bridgehead atoms. The van der Waals surface area contributed by atoms with Gasteiger partial charge in [-0.3, -0.25) is 0 Å². The first-order valence-corrected chi connectivity index (χ1v) is 10.4. The fraction of sp³-hybridized carbons (Fsp3) is 0.333. The molecule has 2 heterocycles. The van der Waals surface area contributed by atoms with Crippen molar-refractivity contribution in [3.8, 4) is 11.5 Å². The van der Waals surface area contributed by atoms with Crippen molar-refractivity contribution in [3.63, 3.8) is 0 Å². The number of piperidine rings is 1. The summed E-state index contributed by atoms with van der Waals surface area (Å²) in [6.45, 7) is 2.16. The first-order valence-electron chi connectivity index (χ1n) is 10.4. The third-order valence-electron chi connectivity index (χ3n) is 5.82. The van der Waals surface area contributed by atoms with Gasteiger partial charge in [0.1, 0.15) is 23.6 Å². The highest BCUT2D eigenvalue weighted by molar-refractivity contribution is 5.65. The maximum absolute atomic E-state index is 10.5. The molecule has 2 aliphatic heterocycles. The molecule has 30 heavy (non-hydrogen) atoms. The summed E-state index contributed by atoms with van der Waals surface area (Å²) in [6.07, 6.45) is 9.44. The number of nitrogen functional groups attached to an aromatic ring is 1. The summed E-state index contributed by atoms with van der Waals surface area (Å²) < 4.78 is 5.92. The van der Waals surface area contributed by atoms with Gasteiger partial charge in [-0.15, -0.1) is 0 Å². The summed E-state index contributed by atoms with van der Waals surface area (Å²) in [5.74, 6) is 0.435. The van der Waals surface area contributed by atoms with Crippen LogP contribution in [0.3, 0.4) is 0 Å². The monoisotopic (exact) mass is 407 g/mol. The Morgan fingerprint density at radius 3 is 2.60 bits per heavy atom. The van der Waals surface area contributed by atoms with Crippen molar-refractivity contribution in [2.45, 2.75) is 31.4 Å². The number of rotatable bonds is 6. The predicted molar refractivity (Wildman–Crippen MR) is 118 cm³/mol. The zero-order valence-corrected chi connectivity index (χ0v) is 17.1. The second kappa shape index (κ2) is 8.71. The van der Waals surface area contributed by atoms with Gasteiger partial charge in [0.15, 0.2) is 0 Å². The highest BCUT2D eigenvalue weighted by Gasteiger charge is 2.35. The fourth-order valence-corrected chi connectivity index (χ4v) is 4.10. The van der Waals surface area contributed by atoms with E-state index in [2.05, 4.69) is 10.2 Å². The molecule has 0 saturated carbocycles. The third kappa shape index (κ3) is 4.09. The van der Waals surface area contributed by atoms with Gasteiger partial charge < -0.3 is 30.9 Å². The van der Waals surface area contributed by atoms with E-state index in [1.54, 1.807) is 6.07 Å². The first-order chi connectivity index (χ1) is 14.6. The van der Waals surface area contributed by atoms with Gasteiger partial charge in [0.25, 0.3) is 0 Å². The molecule has 2 aromatic rings. The Bertz CT molecular complexity index is 936. The van der Waals surface area contributed by atoms with E-state index in [-0.39, 0.29) is 18.0 Å². The summed E-state index contributed by atoms with van der Waals surface area (Å²) in [7, 11) is 0. The van der Waals surface area contributed by atoms with Gasteiger partial charge in [0.2, 0.25) is 0 Å². The largest absolute Gasteiger partial charge is 0.506 e. The quantitative estimate of drug-likeness (QED) is 0.434. The number of hydrogen-bond acceptors (Lipinski definition) is 6. The number of aliphatic hydroxyl groups excluding tert-OH is 1. The Hall–Kier alpha value is -3.12. The molecular weight excluding hydrogens is 378 g/mol. The van der Waals surface area contributed by atoms with Gasteiger partial charge >= 0.3 is 0 Å². The van der Waals surface area contributed by atoms with Crippen LogP contribution in [0.4, 0.5) is 5.69 Å². The van der Waals surface area contributed by atoms with E-state index in [9.17, 15) is 10.2 Å². The van der Waals surface area contributed by atoms with Crippen LogP contribution in [0.2, 0.25) is 0 Å². The van der Waals surface area contributed by atoms with E-state index in [1.165, 1.54) is 12.5 Å². The number of dihydropyridines is 1. The molecule has 1 saturated heterocycles. The lowest BCUT2D eigenvalue weighted by Gasteiger charge is -2.38. The summed E-state index contributed by atoms with van der Waals surface area (Å²) in [4.78, 5) is 2.33. The van der Waals surface area contributed by atoms with E-state index >= 15 is 0 Å². The van der Waals surface area contributed by atoms with Crippen molar-refractivity contribution >= 4 is 5.69 Å². The summed E-state index contributed by atoms with van der Waals surface area (Å²) >= 11 is 0. The maximum Gasteiger partial charge on any atom is 0.142 e. The number of phenols is 1. The Morgan fingerprint density at radius 2 is 1.87 bits per heavy atom. The molecule has 6 nitrogen and oxygen atoms in total. The van der Waals surface area contributed by atoms with E-state index < -0.39 is 5.54 Å². The lowest BCUT2D eigenvalue weighted by atomic mass is 9.86. The number of nitrogens with zero attached hydrogens (tertiary/aromatic N) is 1. The third-order valence-corrected chi connectivity index (χ3v) is 5.82. The van der Waals surface area contributed by atoms with Crippen molar-refractivity contribution in [2.24, 2.45) is 0 Å². The Morgan fingerprint density at radius 1 is 1.10 bits per heavy atom. The molecule has 0 aromatic heterocycles. The summed E-state index contributed by atoms with van der Waals surface area (Å²) in [6, 6.07) is 13.1. The highest BCUT2D eigenvalue weighted by atomic mass is 16.5. The lowest BCUT2D eigenvalue weighted by molar-refractivity contribution is 0.201. The molecule has 2 aromatic carbocycles. The van der Waals surface area contributed by atoms with Gasteiger partial charge in [-0.2, -0.15) is 0 Å². The minimum absolute atomic E-state index is 0.0623. The van der Waals surface area contributed by atoms with Crippen LogP contribution in [0.25, 0.3) is 0 Å². The Balaban J connectivity index is 1.65. The number of likely N-dealkylation sites (tertiary alicyclic amines) is 1. The van der Waals surface area contributed by atoms with Gasteiger partial charge in [0, 0.05) is 30.4 Å². The van der Waals surface area contributed by atoms with Crippen LogP contribution < -0.4 is 15.8 Å². The molecule has 1 unspecified atom stereocenters. The van der Waals surface area contributed by atoms with E-state index in [0.29, 0.717) is 17.9 Å². The normalized spacial score (nSPS) is 21.1. The van der Waals surface area contributed by atoms with E-state index in [1.807, 2.05) is 48.7 Å². The molecule has 1 atom stereocenters. The standard InChI is InChI=1S/C24H29N3O3/c25-23-21(13-20(14-22(23)29)30-16-18-7-3-1-4-8-18)24(17-28)15-19(9-10-26-24)27-11-5-2-6-12-27/h1,3-4,7-10,13-15,26,28-29H,2,5-6,11-12,16-17,25H2. The van der Waals surface area contributed by atoms with Crippen LogP contribution in [-0.4, -0.2) is 34.8 Å². The molecule has 5 N–H and O–H groups in total. The molecule has 4 rings (SSSR count). The second-order valence-corrected chi connectivity index (χ2v) is 7.90. The number of allylic oxidation sites excluding steroid dienone is 1. The second-order valence-electron chi connectivity index (χ2n) is 7.90. The number of aliphatic hydroxyl groups is 1. The van der Waals surface area contributed by atoms with Crippen molar-refractivity contribution in [2.75, 3.05) is 25.4 Å². The fourth-order valence-electron chi connectivity index (χ4n) is 4.10. The highest BCUT2D eigenvalue weighted by Crippen LogP contribution is 2.39. The average molecular weight is 408 g/mol. The number of ether oxygens (including phenoxy) is 1. The van der Waals surface area contributed by atoms with Gasteiger partial charge in [-0.25, -0.2) is 0 Å². The molecule has 0 radical (unpaired) electrons. The van der Waals surface area contributed by atoms with Gasteiger partial charge in [0.05, 0.1) is 12.3 Å². The molecule has 0 amide bonds. The van der Waals surface area contributed by atoms with Crippen molar-refractivity contribution in [1.29, 1.82) is 0 Å². The summed E-state index contributed by atoms with van der Waals surface area (Å²) in [5, 5.41) is 24.1. The number of nitrogens with two attached hydrogens (primary N) is 1. The number of phenolic OH excluding ortho intramolecular Hbond substituents is 1. The van der Waals surface area contributed by atoms with E-state index in [0.717, 1.165) is 37.2 Å². The predicted octanol–water partition coefficient (Wildman–Crippen LogP) is 3.23. The van der Waals surface area contributed by atoms with Crippen LogP contribution in [0, 0.1) is 0 Å². The van der Waals surface area contributed by atoms with Crippen molar-refractivity contribution < 1.29 is 14.9 Å². The lowest BCUT2D eigenvalue weighted by Crippen LogP contribution is -2.45. The van der Waals surface area contributed by atoms with Gasteiger partial charge in [-0.05, 0) is 49.2 Å². The maximum atomic E-state index is 10.5. The molecule has 1 fully saturated rings. The number of anilines is 1. The van der Waals surface area contributed by atoms with Crippen LogP contribution in [0.1, 0.15) is 30.4 Å². The average Bonchev–Trinajstić information content (AvgIpc) is 2.81. The molecule has 6 heteroatoms. The smallest absolute Gasteiger partial charge is 0.142 e. The van der Waals surface area contributed by atoms with E-state index in [4.69, 9.17) is 10.5 Å². The number of benzene rings is 2. The number of aromatic hydroxyl groups is 1. The topological polar surface area (TPSA) is 91.0 Å². The zero-order chi connectivity index (χ0) is 21.0. The molecular formula is C24H29N3O3. The SMILES string of the molecule is Nc1c(O)cc(OCc2ccccc2)cc1C1(CO)C=C(N2CCCCC2)C=CN1. The Labute approximate surface area is 177 Å². The van der Waals surface area contributed by atoms with Crippen molar-refractivity contribution in [3.05, 3.63) is 77.6 Å². The van der Waals surface area contributed by atoms with Crippen LogP contribution >= 0.6 is 0 Å². The number of hydrogen-bond donors (Lipinski definition) is 4. The number of nitrogens with one attached hydrogen (secondary N) is 1. The minimum Gasteiger partial charge on any atom is -0.506 e. The molecule has 0 spiro atoms. The van der Waals surface area contributed by atoms with Gasteiger partial charge in [-0.1, -0.05) is 30.3 Å². The first kappa shape index (κ1) is 20.2. The molecule has 2 aliphatic rings. The Kier molecular flexibility index (Phi) is 5.86. The minimum atomic E-state index is -0.935. The van der Waals surface area contributed by atoms with Crippen LogP contribution in [0.15, 0.2) is 66.5 Å². The molecule has 0 aliphatic carbocycles. The van der Waals surface area contributed by atoms with Crippen molar-refractivity contribution in [1.82, 2.24) is 10.2 Å². The van der Waals surface area contributed by atoms with Crippen LogP contribution in [-0.2, 0) is 12.1 Å². The zero-order valence-electron chi connectivity index (χ0n) is 17.1.